The number of esters is 1. The molecule has 1 aromatic heterocycles. The molecule has 0 radical (unpaired) electrons. The quantitative estimate of drug-likeness (QED) is 0.669. The van der Waals surface area contributed by atoms with E-state index in [1.54, 1.807) is 0 Å². The lowest BCUT2D eigenvalue weighted by atomic mass is 9.73. The van der Waals surface area contributed by atoms with Gasteiger partial charge in [-0.15, -0.1) is 0 Å². The smallest absolute Gasteiger partial charge is 0.312 e. The number of rotatable bonds is 6. The molecule has 2 aliphatic rings. The van der Waals surface area contributed by atoms with Crippen LogP contribution in [-0.2, 0) is 20.8 Å². The van der Waals surface area contributed by atoms with Crippen LogP contribution in [0.3, 0.4) is 0 Å². The SMILES string of the molecule is CCOC(=O)C1(C[C@@H]2CCCCO2)CCN(Cc2nc3ccccc3nc2C)CC1. The first-order valence-electron chi connectivity index (χ1n) is 11.3. The highest BCUT2D eigenvalue weighted by Gasteiger charge is 2.44. The van der Waals surface area contributed by atoms with Crippen LogP contribution in [0.2, 0.25) is 0 Å². The van der Waals surface area contributed by atoms with Crippen LogP contribution in [0, 0.1) is 12.3 Å². The average molecular weight is 412 g/mol. The molecule has 4 rings (SSSR count). The van der Waals surface area contributed by atoms with E-state index >= 15 is 0 Å². The maximum Gasteiger partial charge on any atom is 0.312 e. The number of carbonyl (C=O) groups is 1. The van der Waals surface area contributed by atoms with Gasteiger partial charge in [-0.3, -0.25) is 9.69 Å². The Morgan fingerprint density at radius 1 is 1.20 bits per heavy atom. The lowest BCUT2D eigenvalue weighted by molar-refractivity contribution is -0.162. The highest BCUT2D eigenvalue weighted by atomic mass is 16.5. The molecule has 0 spiro atoms. The lowest BCUT2D eigenvalue weighted by Crippen LogP contribution is -2.47. The van der Waals surface area contributed by atoms with E-state index in [1.807, 2.05) is 38.1 Å². The van der Waals surface area contributed by atoms with Gasteiger partial charge in [0.1, 0.15) is 0 Å². The van der Waals surface area contributed by atoms with Crippen molar-refractivity contribution in [3.63, 3.8) is 0 Å². The fourth-order valence-electron chi connectivity index (χ4n) is 4.81. The Bertz CT molecular complexity index is 871. The Kier molecular flexibility index (Phi) is 6.64. The van der Waals surface area contributed by atoms with Crippen molar-refractivity contribution in [1.29, 1.82) is 0 Å². The molecule has 0 N–H and O–H groups in total. The van der Waals surface area contributed by atoms with Crippen LogP contribution >= 0.6 is 0 Å². The van der Waals surface area contributed by atoms with Crippen LogP contribution in [0.1, 0.15) is 56.8 Å². The second kappa shape index (κ2) is 9.40. The summed E-state index contributed by atoms with van der Waals surface area (Å²) in [5.74, 6) is -0.0412. The number of fused-ring (bicyclic) bond motifs is 1. The zero-order valence-corrected chi connectivity index (χ0v) is 18.2. The Morgan fingerprint density at radius 3 is 2.60 bits per heavy atom. The number of benzene rings is 1. The highest BCUT2D eigenvalue weighted by Crippen LogP contribution is 2.40. The first-order chi connectivity index (χ1) is 14.6. The molecule has 2 fully saturated rings. The molecule has 0 aliphatic carbocycles. The van der Waals surface area contributed by atoms with Crippen molar-refractivity contribution < 1.29 is 14.3 Å². The summed E-state index contributed by atoms with van der Waals surface area (Å²) in [6.45, 7) is 7.65. The van der Waals surface area contributed by atoms with Crippen molar-refractivity contribution in [2.75, 3.05) is 26.3 Å². The Hall–Kier alpha value is -2.05. The van der Waals surface area contributed by atoms with Gasteiger partial charge in [0.05, 0.1) is 40.5 Å². The van der Waals surface area contributed by atoms with Crippen LogP contribution in [0.15, 0.2) is 24.3 Å². The highest BCUT2D eigenvalue weighted by molar-refractivity contribution is 5.77. The fourth-order valence-corrected chi connectivity index (χ4v) is 4.81. The maximum absolute atomic E-state index is 12.9. The van der Waals surface area contributed by atoms with E-state index in [-0.39, 0.29) is 12.1 Å². The van der Waals surface area contributed by atoms with Crippen LogP contribution in [-0.4, -0.2) is 53.2 Å². The number of carbonyl (C=O) groups excluding carboxylic acids is 1. The molecule has 6 nitrogen and oxygen atoms in total. The summed E-state index contributed by atoms with van der Waals surface area (Å²) in [6, 6.07) is 8.00. The number of nitrogens with zero attached hydrogens (tertiary/aromatic N) is 3. The summed E-state index contributed by atoms with van der Waals surface area (Å²) in [5, 5.41) is 0. The Labute approximate surface area is 179 Å². The number of hydrogen-bond acceptors (Lipinski definition) is 6. The number of likely N-dealkylation sites (tertiary alicyclic amines) is 1. The van der Waals surface area contributed by atoms with Crippen molar-refractivity contribution in [3.8, 4) is 0 Å². The van der Waals surface area contributed by atoms with Gasteiger partial charge in [0.25, 0.3) is 0 Å². The maximum atomic E-state index is 12.9. The van der Waals surface area contributed by atoms with E-state index in [9.17, 15) is 4.79 Å². The van der Waals surface area contributed by atoms with Gasteiger partial charge in [-0.05, 0) is 77.6 Å². The van der Waals surface area contributed by atoms with Crippen LogP contribution in [0.5, 0.6) is 0 Å². The topological polar surface area (TPSA) is 64.6 Å². The van der Waals surface area contributed by atoms with Gasteiger partial charge in [-0.25, -0.2) is 9.97 Å². The number of aryl methyl sites for hydroxylation is 1. The molecule has 2 saturated heterocycles. The average Bonchev–Trinajstić information content (AvgIpc) is 2.76. The van der Waals surface area contributed by atoms with Gasteiger partial charge in [0.15, 0.2) is 0 Å². The molecule has 30 heavy (non-hydrogen) atoms. The first-order valence-corrected chi connectivity index (χ1v) is 11.3. The van der Waals surface area contributed by atoms with Crippen molar-refractivity contribution in [2.24, 2.45) is 5.41 Å². The molecule has 6 heteroatoms. The summed E-state index contributed by atoms with van der Waals surface area (Å²) >= 11 is 0. The summed E-state index contributed by atoms with van der Waals surface area (Å²) in [7, 11) is 0. The van der Waals surface area contributed by atoms with E-state index in [0.717, 1.165) is 80.8 Å². The lowest BCUT2D eigenvalue weighted by Gasteiger charge is -2.42. The largest absolute Gasteiger partial charge is 0.466 e. The second-order valence-electron chi connectivity index (χ2n) is 8.71. The molecule has 162 valence electrons. The molecule has 0 bridgehead atoms. The minimum Gasteiger partial charge on any atom is -0.466 e. The number of aromatic nitrogens is 2. The Balaban J connectivity index is 1.44. The summed E-state index contributed by atoms with van der Waals surface area (Å²) in [6.07, 6.45) is 5.96. The van der Waals surface area contributed by atoms with Crippen molar-refractivity contribution in [2.45, 2.75) is 65.0 Å². The van der Waals surface area contributed by atoms with E-state index in [4.69, 9.17) is 19.4 Å². The molecule has 2 aromatic rings. The van der Waals surface area contributed by atoms with Gasteiger partial charge in [0.2, 0.25) is 0 Å². The zero-order valence-electron chi connectivity index (χ0n) is 18.2. The molecular formula is C24H33N3O3. The third kappa shape index (κ3) is 4.65. The van der Waals surface area contributed by atoms with Gasteiger partial charge < -0.3 is 9.47 Å². The fraction of sp³-hybridized carbons (Fsp3) is 0.625. The van der Waals surface area contributed by atoms with Gasteiger partial charge in [0, 0.05) is 13.2 Å². The minimum atomic E-state index is -0.418. The van der Waals surface area contributed by atoms with E-state index in [2.05, 4.69) is 4.90 Å². The van der Waals surface area contributed by atoms with Crippen molar-refractivity contribution in [1.82, 2.24) is 14.9 Å². The number of hydrogen-bond donors (Lipinski definition) is 0. The zero-order chi connectivity index (χ0) is 21.0. The molecule has 1 aromatic carbocycles. The van der Waals surface area contributed by atoms with Gasteiger partial charge >= 0.3 is 5.97 Å². The third-order valence-corrected chi connectivity index (χ3v) is 6.63. The van der Waals surface area contributed by atoms with Crippen molar-refractivity contribution in [3.05, 3.63) is 35.7 Å². The van der Waals surface area contributed by atoms with Crippen LogP contribution < -0.4 is 0 Å². The molecule has 0 unspecified atom stereocenters. The molecule has 1 atom stereocenters. The van der Waals surface area contributed by atoms with E-state index < -0.39 is 5.41 Å². The summed E-state index contributed by atoms with van der Waals surface area (Å²) in [4.78, 5) is 24.9. The van der Waals surface area contributed by atoms with Crippen LogP contribution in [0.25, 0.3) is 11.0 Å². The molecule has 2 aliphatic heterocycles. The standard InChI is InChI=1S/C24H33N3O3/c1-3-29-23(28)24(16-19-8-6-7-15-30-19)11-13-27(14-12-24)17-22-18(2)25-20-9-4-5-10-21(20)26-22/h4-5,9-10,19H,3,6-8,11-17H2,1-2H3/t19-/m0/s1. The number of ether oxygens (including phenoxy) is 2. The van der Waals surface area contributed by atoms with E-state index in [0.29, 0.717) is 6.61 Å². The van der Waals surface area contributed by atoms with E-state index in [1.165, 1.54) is 6.42 Å². The van der Waals surface area contributed by atoms with Gasteiger partial charge in [-0.2, -0.15) is 0 Å². The monoisotopic (exact) mass is 411 g/mol. The third-order valence-electron chi connectivity index (χ3n) is 6.63. The predicted molar refractivity (Wildman–Crippen MR) is 116 cm³/mol. The molecular weight excluding hydrogens is 378 g/mol. The summed E-state index contributed by atoms with van der Waals surface area (Å²) in [5.41, 5.74) is 3.45. The first kappa shape index (κ1) is 21.2. The predicted octanol–water partition coefficient (Wildman–Crippen LogP) is 4.04. The normalized spacial score (nSPS) is 22.1. The number of piperidine rings is 1. The molecule has 0 amide bonds. The molecule has 0 saturated carbocycles. The second-order valence-corrected chi connectivity index (χ2v) is 8.71. The van der Waals surface area contributed by atoms with Crippen molar-refractivity contribution >= 4 is 17.0 Å². The molecule has 3 heterocycles. The Morgan fingerprint density at radius 2 is 1.93 bits per heavy atom. The number of para-hydroxylation sites is 2. The van der Waals surface area contributed by atoms with Crippen LogP contribution in [0.4, 0.5) is 0 Å². The van der Waals surface area contributed by atoms with Gasteiger partial charge in [-0.1, -0.05) is 12.1 Å². The minimum absolute atomic E-state index is 0.0412. The summed E-state index contributed by atoms with van der Waals surface area (Å²) < 4.78 is 11.5.